The minimum Gasteiger partial charge on any atom is -0.507 e. The van der Waals surface area contributed by atoms with Crippen molar-refractivity contribution in [2.45, 2.75) is 20.3 Å². The Labute approximate surface area is 88.7 Å². The number of aromatic hydroxyl groups is 1. The average molecular weight is 206 g/mol. The van der Waals surface area contributed by atoms with E-state index in [4.69, 9.17) is 5.11 Å². The van der Waals surface area contributed by atoms with Crippen LogP contribution in [0.4, 0.5) is 0 Å². The summed E-state index contributed by atoms with van der Waals surface area (Å²) >= 11 is 0. The number of benzene rings is 1. The Morgan fingerprint density at radius 3 is 2.53 bits per heavy atom. The smallest absolute Gasteiger partial charge is 0.339 e. The molecule has 0 atom stereocenters. The Balaban J connectivity index is 3.17. The molecule has 0 aliphatic rings. The van der Waals surface area contributed by atoms with E-state index in [1.807, 2.05) is 19.9 Å². The molecule has 0 aliphatic heterocycles. The Morgan fingerprint density at radius 1 is 1.47 bits per heavy atom. The number of rotatable bonds is 3. The highest BCUT2D eigenvalue weighted by atomic mass is 16.4. The highest BCUT2D eigenvalue weighted by molar-refractivity contribution is 5.91. The maximum Gasteiger partial charge on any atom is 0.339 e. The molecule has 0 unspecified atom stereocenters. The van der Waals surface area contributed by atoms with E-state index in [2.05, 4.69) is 0 Å². The van der Waals surface area contributed by atoms with Crippen molar-refractivity contribution >= 4 is 11.5 Å². The number of hydrogen-bond donors (Lipinski definition) is 2. The molecule has 3 nitrogen and oxygen atoms in total. The maximum absolute atomic E-state index is 10.7. The van der Waals surface area contributed by atoms with Crippen molar-refractivity contribution in [2.24, 2.45) is 0 Å². The van der Waals surface area contributed by atoms with Gasteiger partial charge in [-0.25, -0.2) is 4.79 Å². The summed E-state index contributed by atoms with van der Waals surface area (Å²) in [6.07, 6.45) is 2.80. The van der Waals surface area contributed by atoms with Gasteiger partial charge in [-0.2, -0.15) is 0 Å². The lowest BCUT2D eigenvalue weighted by Gasteiger charge is -2.06. The summed E-state index contributed by atoms with van der Waals surface area (Å²) in [5.74, 6) is -1.30. The lowest BCUT2D eigenvalue weighted by molar-refractivity contribution is 0.0694. The van der Waals surface area contributed by atoms with Crippen LogP contribution in [-0.4, -0.2) is 16.2 Å². The van der Waals surface area contributed by atoms with E-state index >= 15 is 0 Å². The molecule has 0 aromatic heterocycles. The van der Waals surface area contributed by atoms with Gasteiger partial charge in [-0.05, 0) is 36.6 Å². The van der Waals surface area contributed by atoms with E-state index in [1.165, 1.54) is 12.1 Å². The fourth-order valence-corrected chi connectivity index (χ4v) is 1.49. The summed E-state index contributed by atoms with van der Waals surface area (Å²) in [5.41, 5.74) is 1.88. The summed E-state index contributed by atoms with van der Waals surface area (Å²) < 4.78 is 0. The van der Waals surface area contributed by atoms with E-state index in [1.54, 1.807) is 6.07 Å². The van der Waals surface area contributed by atoms with Crippen LogP contribution in [0.15, 0.2) is 24.3 Å². The van der Waals surface area contributed by atoms with Crippen molar-refractivity contribution in [1.82, 2.24) is 0 Å². The number of phenols is 1. The molecule has 1 aromatic rings. The lowest BCUT2D eigenvalue weighted by Crippen LogP contribution is -1.97. The zero-order chi connectivity index (χ0) is 11.4. The Morgan fingerprint density at radius 2 is 2.13 bits per heavy atom. The summed E-state index contributed by atoms with van der Waals surface area (Å²) in [6.45, 7) is 3.93. The van der Waals surface area contributed by atoms with Crippen molar-refractivity contribution in [3.63, 3.8) is 0 Å². The molecule has 0 aliphatic carbocycles. The summed E-state index contributed by atoms with van der Waals surface area (Å²) in [5, 5.41) is 18.2. The summed E-state index contributed by atoms with van der Waals surface area (Å²) in [7, 11) is 0. The Bertz CT molecular complexity index is 405. The van der Waals surface area contributed by atoms with Gasteiger partial charge in [0.25, 0.3) is 0 Å². The van der Waals surface area contributed by atoms with Gasteiger partial charge in [-0.3, -0.25) is 0 Å². The van der Waals surface area contributed by atoms with Crippen LogP contribution in [0.3, 0.4) is 0 Å². The molecule has 0 saturated heterocycles. The first-order chi connectivity index (χ1) is 7.10. The van der Waals surface area contributed by atoms with Crippen molar-refractivity contribution in [3.8, 4) is 5.75 Å². The van der Waals surface area contributed by atoms with Crippen molar-refractivity contribution < 1.29 is 15.0 Å². The number of aromatic carboxylic acids is 1. The molecule has 0 radical (unpaired) electrons. The summed E-state index contributed by atoms with van der Waals surface area (Å²) in [6, 6.07) is 4.62. The Kier molecular flexibility index (Phi) is 3.50. The van der Waals surface area contributed by atoms with Gasteiger partial charge in [0.1, 0.15) is 11.3 Å². The normalized spacial score (nSPS) is 11.5. The summed E-state index contributed by atoms with van der Waals surface area (Å²) in [4.78, 5) is 10.7. The SMILES string of the molecule is C/C=C(\CC)c1ccc(C(=O)O)c(O)c1. The van der Waals surface area contributed by atoms with Gasteiger partial charge in [-0.1, -0.05) is 19.1 Å². The largest absolute Gasteiger partial charge is 0.507 e. The van der Waals surface area contributed by atoms with Crippen LogP contribution in [0.25, 0.3) is 5.57 Å². The molecule has 0 fully saturated rings. The second kappa shape index (κ2) is 4.64. The molecule has 0 heterocycles. The molecule has 3 heteroatoms. The minimum absolute atomic E-state index is 0.0645. The molecule has 2 N–H and O–H groups in total. The molecule has 0 spiro atoms. The van der Waals surface area contributed by atoms with Gasteiger partial charge >= 0.3 is 5.97 Å². The fraction of sp³-hybridized carbons (Fsp3) is 0.250. The van der Waals surface area contributed by atoms with Crippen LogP contribution >= 0.6 is 0 Å². The molecule has 15 heavy (non-hydrogen) atoms. The predicted octanol–water partition coefficient (Wildman–Crippen LogP) is 2.90. The molecular weight excluding hydrogens is 192 g/mol. The number of carbonyl (C=O) groups is 1. The quantitative estimate of drug-likeness (QED) is 0.799. The number of carboxylic acid groups (broad SMARTS) is 1. The van der Waals surface area contributed by atoms with Gasteiger partial charge in [0, 0.05) is 0 Å². The molecule has 1 aromatic carbocycles. The van der Waals surface area contributed by atoms with Gasteiger partial charge in [0.2, 0.25) is 0 Å². The first-order valence-electron chi connectivity index (χ1n) is 4.82. The lowest BCUT2D eigenvalue weighted by atomic mass is 10.0. The van der Waals surface area contributed by atoms with Gasteiger partial charge < -0.3 is 10.2 Å². The first-order valence-corrected chi connectivity index (χ1v) is 4.82. The third-order valence-corrected chi connectivity index (χ3v) is 2.33. The van der Waals surface area contributed by atoms with E-state index in [9.17, 15) is 9.90 Å². The van der Waals surface area contributed by atoms with Crippen molar-refractivity contribution in [1.29, 1.82) is 0 Å². The topological polar surface area (TPSA) is 57.5 Å². The fourth-order valence-electron chi connectivity index (χ4n) is 1.49. The van der Waals surface area contributed by atoms with Gasteiger partial charge in [-0.15, -0.1) is 0 Å². The minimum atomic E-state index is -1.11. The number of hydrogen-bond acceptors (Lipinski definition) is 2. The highest BCUT2D eigenvalue weighted by Gasteiger charge is 2.10. The first kappa shape index (κ1) is 11.3. The van der Waals surface area contributed by atoms with Gasteiger partial charge in [0.15, 0.2) is 0 Å². The van der Waals surface area contributed by atoms with E-state index in [-0.39, 0.29) is 11.3 Å². The second-order valence-corrected chi connectivity index (χ2v) is 3.20. The van der Waals surface area contributed by atoms with Crippen LogP contribution < -0.4 is 0 Å². The van der Waals surface area contributed by atoms with Gasteiger partial charge in [0.05, 0.1) is 0 Å². The van der Waals surface area contributed by atoms with E-state index in [0.717, 1.165) is 17.6 Å². The van der Waals surface area contributed by atoms with Crippen LogP contribution in [0.1, 0.15) is 36.2 Å². The van der Waals surface area contributed by atoms with E-state index < -0.39 is 5.97 Å². The molecule has 0 amide bonds. The average Bonchev–Trinajstić information content (AvgIpc) is 2.19. The molecular formula is C12H14O3. The third-order valence-electron chi connectivity index (χ3n) is 2.33. The molecule has 0 saturated carbocycles. The number of allylic oxidation sites excluding steroid dienone is 2. The predicted molar refractivity (Wildman–Crippen MR) is 59.0 cm³/mol. The highest BCUT2D eigenvalue weighted by Crippen LogP contribution is 2.25. The van der Waals surface area contributed by atoms with Crippen LogP contribution in [0.2, 0.25) is 0 Å². The zero-order valence-corrected chi connectivity index (χ0v) is 8.82. The molecule has 0 bridgehead atoms. The standard InChI is InChI=1S/C12H14O3/c1-3-8(4-2)9-5-6-10(12(14)15)11(13)7-9/h3,5-7,13H,4H2,1-2H3,(H,14,15)/b8-3+. The second-order valence-electron chi connectivity index (χ2n) is 3.20. The zero-order valence-electron chi connectivity index (χ0n) is 8.82. The molecule has 1 rings (SSSR count). The third kappa shape index (κ3) is 2.37. The maximum atomic E-state index is 10.7. The van der Waals surface area contributed by atoms with E-state index in [0.29, 0.717) is 0 Å². The van der Waals surface area contributed by atoms with Crippen LogP contribution in [0, 0.1) is 0 Å². The number of carboxylic acids is 1. The van der Waals surface area contributed by atoms with Crippen LogP contribution in [-0.2, 0) is 0 Å². The monoisotopic (exact) mass is 206 g/mol. The molecule has 80 valence electrons. The van der Waals surface area contributed by atoms with Crippen LogP contribution in [0.5, 0.6) is 5.75 Å². The van der Waals surface area contributed by atoms with Crippen molar-refractivity contribution in [2.75, 3.05) is 0 Å². The van der Waals surface area contributed by atoms with Crippen molar-refractivity contribution in [3.05, 3.63) is 35.4 Å². The Hall–Kier alpha value is -1.77.